The largest absolute Gasteiger partial charge is 0.492 e. The van der Waals surface area contributed by atoms with E-state index in [4.69, 9.17) is 14.6 Å². The van der Waals surface area contributed by atoms with Crippen LogP contribution in [0.25, 0.3) is 16.5 Å². The molecule has 0 saturated carbocycles. The van der Waals surface area contributed by atoms with Crippen molar-refractivity contribution in [3.63, 3.8) is 0 Å². The van der Waals surface area contributed by atoms with Gasteiger partial charge < -0.3 is 19.9 Å². The van der Waals surface area contributed by atoms with Crippen LogP contribution < -0.4 is 10.1 Å². The summed E-state index contributed by atoms with van der Waals surface area (Å²) in [6.45, 7) is 13.1. The monoisotopic (exact) mass is 556 g/mol. The van der Waals surface area contributed by atoms with Crippen molar-refractivity contribution in [3.05, 3.63) is 83.6 Å². The first-order valence-electron chi connectivity index (χ1n) is 14.4. The fraction of sp³-hybridized carbons (Fsp3) is 0.394. The summed E-state index contributed by atoms with van der Waals surface area (Å²) < 4.78 is 13.3. The summed E-state index contributed by atoms with van der Waals surface area (Å²) in [5.41, 5.74) is 3.18. The van der Waals surface area contributed by atoms with Crippen molar-refractivity contribution in [2.24, 2.45) is 0 Å². The molecule has 4 aromatic rings. The van der Waals surface area contributed by atoms with Crippen LogP contribution in [-0.4, -0.2) is 65.1 Å². The van der Waals surface area contributed by atoms with E-state index in [0.717, 1.165) is 72.7 Å². The van der Waals surface area contributed by atoms with Crippen LogP contribution in [0.4, 0.5) is 5.82 Å². The van der Waals surface area contributed by atoms with Crippen LogP contribution in [0.5, 0.6) is 5.75 Å². The van der Waals surface area contributed by atoms with Gasteiger partial charge in [0.25, 0.3) is 5.91 Å². The molecule has 3 aromatic carbocycles. The third-order valence-electron chi connectivity index (χ3n) is 8.05. The summed E-state index contributed by atoms with van der Waals surface area (Å²) in [6.07, 6.45) is -0.493. The lowest BCUT2D eigenvalue weighted by Crippen LogP contribution is -2.38. The number of aryl methyl sites for hydroxylation is 1. The molecule has 2 N–H and O–H groups in total. The number of rotatable bonds is 10. The van der Waals surface area contributed by atoms with Gasteiger partial charge in [-0.3, -0.25) is 9.69 Å². The molecule has 1 aliphatic heterocycles. The van der Waals surface area contributed by atoms with Crippen molar-refractivity contribution < 1.29 is 19.4 Å². The van der Waals surface area contributed by atoms with E-state index in [-0.39, 0.29) is 5.41 Å². The van der Waals surface area contributed by atoms with Gasteiger partial charge >= 0.3 is 0 Å². The number of carbonyl (C=O) groups is 1. The first-order valence-corrected chi connectivity index (χ1v) is 14.4. The molecule has 0 radical (unpaired) electrons. The van der Waals surface area contributed by atoms with Crippen LogP contribution in [0.15, 0.2) is 66.7 Å². The molecular weight excluding hydrogens is 516 g/mol. The molecule has 1 saturated heterocycles. The van der Waals surface area contributed by atoms with Crippen LogP contribution >= 0.6 is 0 Å². The summed E-state index contributed by atoms with van der Waals surface area (Å²) in [6, 6.07) is 21.2. The molecule has 1 aliphatic rings. The van der Waals surface area contributed by atoms with Crippen molar-refractivity contribution >= 4 is 22.5 Å². The van der Waals surface area contributed by atoms with E-state index < -0.39 is 12.0 Å². The second-order valence-corrected chi connectivity index (χ2v) is 11.3. The van der Waals surface area contributed by atoms with Crippen molar-refractivity contribution in [3.8, 4) is 11.4 Å². The van der Waals surface area contributed by atoms with Gasteiger partial charge in [0.05, 0.1) is 24.6 Å². The summed E-state index contributed by atoms with van der Waals surface area (Å²) in [4.78, 5) is 15.8. The average Bonchev–Trinajstić information content (AvgIpc) is 3.42. The van der Waals surface area contributed by atoms with E-state index in [1.54, 1.807) is 10.7 Å². The minimum Gasteiger partial charge on any atom is -0.492 e. The first-order chi connectivity index (χ1) is 19.8. The maximum atomic E-state index is 13.5. The normalized spacial score (nSPS) is 15.1. The van der Waals surface area contributed by atoms with Crippen LogP contribution in [0.3, 0.4) is 0 Å². The van der Waals surface area contributed by atoms with Gasteiger partial charge in [-0.2, -0.15) is 5.10 Å². The molecule has 5 rings (SSSR count). The highest BCUT2D eigenvalue weighted by Gasteiger charge is 2.27. The van der Waals surface area contributed by atoms with Gasteiger partial charge in [-0.05, 0) is 42.5 Å². The number of anilines is 1. The van der Waals surface area contributed by atoms with Gasteiger partial charge in [0.1, 0.15) is 18.2 Å². The number of aromatic nitrogens is 2. The highest BCUT2D eigenvalue weighted by molar-refractivity contribution is 5.99. The van der Waals surface area contributed by atoms with E-state index >= 15 is 0 Å². The van der Waals surface area contributed by atoms with Gasteiger partial charge in [0.15, 0.2) is 6.10 Å². The molecule has 41 heavy (non-hydrogen) atoms. The lowest BCUT2D eigenvalue weighted by atomic mass is 9.87. The third kappa shape index (κ3) is 6.45. The molecule has 8 heteroatoms. The SMILES string of the molecule is CCC(C)(C)c1cc(NC(=O)C(O)c2ccc(OCCN3CCOCC3)c3ccccc23)n(-c2ccc(C)cc2)n1. The zero-order valence-corrected chi connectivity index (χ0v) is 24.4. The first kappa shape index (κ1) is 28.8. The highest BCUT2D eigenvalue weighted by Crippen LogP contribution is 2.33. The highest BCUT2D eigenvalue weighted by atomic mass is 16.5. The Hall–Kier alpha value is -3.72. The predicted octanol–water partition coefficient (Wildman–Crippen LogP) is 5.40. The summed E-state index contributed by atoms with van der Waals surface area (Å²) in [7, 11) is 0. The number of aliphatic hydroxyl groups excluding tert-OH is 1. The summed E-state index contributed by atoms with van der Waals surface area (Å²) >= 11 is 0. The van der Waals surface area contributed by atoms with Crippen LogP contribution in [0, 0.1) is 6.92 Å². The quantitative estimate of drug-likeness (QED) is 0.272. The zero-order chi connectivity index (χ0) is 29.0. The Morgan fingerprint density at radius 3 is 2.49 bits per heavy atom. The number of benzene rings is 3. The number of morpholine rings is 1. The lowest BCUT2D eigenvalue weighted by Gasteiger charge is -2.26. The number of carbonyl (C=O) groups excluding carboxylic acids is 1. The fourth-order valence-electron chi connectivity index (χ4n) is 4.97. The van der Waals surface area contributed by atoms with Gasteiger partial charge in [-0.1, -0.05) is 68.8 Å². The van der Waals surface area contributed by atoms with E-state index in [1.807, 2.05) is 67.6 Å². The maximum Gasteiger partial charge on any atom is 0.259 e. The van der Waals surface area contributed by atoms with E-state index in [9.17, 15) is 9.90 Å². The zero-order valence-electron chi connectivity index (χ0n) is 24.4. The van der Waals surface area contributed by atoms with Crippen LogP contribution in [-0.2, 0) is 14.9 Å². The smallest absolute Gasteiger partial charge is 0.259 e. The van der Waals surface area contributed by atoms with Crippen molar-refractivity contribution in [2.45, 2.75) is 45.6 Å². The fourth-order valence-corrected chi connectivity index (χ4v) is 4.97. The Kier molecular flexibility index (Phi) is 8.73. The topological polar surface area (TPSA) is 88.9 Å². The molecule has 1 amide bonds. The number of fused-ring (bicyclic) bond motifs is 1. The minimum atomic E-state index is -1.38. The van der Waals surface area contributed by atoms with Gasteiger partial charge in [-0.15, -0.1) is 0 Å². The molecule has 0 spiro atoms. The number of nitrogens with one attached hydrogen (secondary N) is 1. The molecule has 1 aromatic heterocycles. The van der Waals surface area contributed by atoms with E-state index in [2.05, 4.69) is 31.0 Å². The standard InChI is InChI=1S/C33H40N4O4/c1-5-33(3,4)29-22-30(37(35-29)24-12-10-23(2)11-13-24)34-32(39)31(38)27-14-15-28(26-9-7-6-8-25(26)27)41-21-18-36-16-19-40-20-17-36/h6-15,22,31,38H,5,16-21H2,1-4H3,(H,34,39). The lowest BCUT2D eigenvalue weighted by molar-refractivity contribution is -0.124. The van der Waals surface area contributed by atoms with Crippen LogP contribution in [0.2, 0.25) is 0 Å². The van der Waals surface area contributed by atoms with Crippen molar-refractivity contribution in [1.29, 1.82) is 0 Å². The molecular formula is C33H40N4O4. The molecule has 0 aliphatic carbocycles. The predicted molar refractivity (Wildman–Crippen MR) is 162 cm³/mol. The van der Waals surface area contributed by atoms with E-state index in [1.165, 1.54) is 0 Å². The van der Waals surface area contributed by atoms with Crippen molar-refractivity contribution in [2.75, 3.05) is 44.8 Å². The Morgan fingerprint density at radius 1 is 1.07 bits per heavy atom. The second-order valence-electron chi connectivity index (χ2n) is 11.3. The summed E-state index contributed by atoms with van der Waals surface area (Å²) in [5, 5.41) is 20.7. The Bertz CT molecular complexity index is 1490. The molecule has 1 atom stereocenters. The average molecular weight is 557 g/mol. The second kappa shape index (κ2) is 12.4. The minimum absolute atomic E-state index is 0.179. The number of aliphatic hydroxyl groups is 1. The number of hydrogen-bond acceptors (Lipinski definition) is 6. The molecule has 8 nitrogen and oxygen atoms in total. The molecule has 1 fully saturated rings. The molecule has 0 bridgehead atoms. The number of amides is 1. The third-order valence-corrected chi connectivity index (χ3v) is 8.05. The number of ether oxygens (including phenoxy) is 2. The summed E-state index contributed by atoms with van der Waals surface area (Å²) in [5.74, 6) is 0.723. The van der Waals surface area contributed by atoms with Gasteiger partial charge in [0.2, 0.25) is 0 Å². The number of hydrogen-bond donors (Lipinski definition) is 2. The molecule has 1 unspecified atom stereocenters. The Labute approximate surface area is 241 Å². The Balaban J connectivity index is 1.38. The maximum absolute atomic E-state index is 13.5. The molecule has 216 valence electrons. The Morgan fingerprint density at radius 2 is 1.78 bits per heavy atom. The van der Waals surface area contributed by atoms with Gasteiger partial charge in [0, 0.05) is 36.5 Å². The van der Waals surface area contributed by atoms with Gasteiger partial charge in [-0.25, -0.2) is 4.68 Å². The van der Waals surface area contributed by atoms with Crippen molar-refractivity contribution in [1.82, 2.24) is 14.7 Å². The molecule has 2 heterocycles. The van der Waals surface area contributed by atoms with E-state index in [0.29, 0.717) is 18.0 Å². The van der Waals surface area contributed by atoms with Crippen LogP contribution in [0.1, 0.15) is 50.1 Å². The number of nitrogens with zero attached hydrogens (tertiary/aromatic N) is 3.